The van der Waals surface area contributed by atoms with E-state index in [1.165, 1.54) is 24.0 Å². The molecule has 0 aromatic heterocycles. The van der Waals surface area contributed by atoms with Gasteiger partial charge in [-0.2, -0.15) is 0 Å². The summed E-state index contributed by atoms with van der Waals surface area (Å²) >= 11 is 0. The number of benzene rings is 2. The molecule has 0 spiro atoms. The lowest BCUT2D eigenvalue weighted by Gasteiger charge is -2.19. The molecule has 2 amide bonds. The number of rotatable bonds is 8. The van der Waals surface area contributed by atoms with Crippen molar-refractivity contribution in [2.24, 2.45) is 0 Å². The maximum Gasteiger partial charge on any atom is 0.265 e. The third-order valence-corrected chi connectivity index (χ3v) is 5.02. The quantitative estimate of drug-likeness (QED) is 0.671. The predicted octanol–water partition coefficient (Wildman–Crippen LogP) is 3.35. The number of amides is 2. The monoisotopic (exact) mass is 396 g/mol. The third-order valence-electron chi connectivity index (χ3n) is 5.02. The van der Waals surface area contributed by atoms with Crippen LogP contribution in [0, 0.1) is 0 Å². The van der Waals surface area contributed by atoms with Gasteiger partial charge in [0.1, 0.15) is 5.75 Å². The number of hydrogen-bond donors (Lipinski definition) is 2. The Morgan fingerprint density at radius 2 is 1.83 bits per heavy atom. The molecule has 2 N–H and O–H groups in total. The van der Waals surface area contributed by atoms with E-state index in [0.717, 1.165) is 12.8 Å². The molecule has 29 heavy (non-hydrogen) atoms. The van der Waals surface area contributed by atoms with Crippen LogP contribution in [-0.4, -0.2) is 38.2 Å². The molecule has 2 aromatic carbocycles. The summed E-state index contributed by atoms with van der Waals surface area (Å²) in [6.45, 7) is 2.53. The first kappa shape index (κ1) is 20.9. The SMILES string of the molecule is COCCNC(=O)c1ccccc1NC(=O)C(C)Oc1ccc2c(c1)CCCC2. The fourth-order valence-corrected chi connectivity index (χ4v) is 3.43. The minimum Gasteiger partial charge on any atom is -0.481 e. The highest BCUT2D eigenvalue weighted by molar-refractivity contribution is 6.04. The summed E-state index contributed by atoms with van der Waals surface area (Å²) in [5, 5.41) is 5.57. The van der Waals surface area contributed by atoms with E-state index in [2.05, 4.69) is 16.7 Å². The van der Waals surface area contributed by atoms with Crippen LogP contribution in [0.25, 0.3) is 0 Å². The van der Waals surface area contributed by atoms with Gasteiger partial charge in [-0.15, -0.1) is 0 Å². The van der Waals surface area contributed by atoms with Crippen LogP contribution in [0.5, 0.6) is 5.75 Å². The van der Waals surface area contributed by atoms with Crippen LogP contribution in [0.3, 0.4) is 0 Å². The molecule has 1 aliphatic rings. The van der Waals surface area contributed by atoms with Gasteiger partial charge in [-0.1, -0.05) is 18.2 Å². The Balaban J connectivity index is 1.63. The van der Waals surface area contributed by atoms with Crippen LogP contribution in [0.1, 0.15) is 41.3 Å². The first-order valence-electron chi connectivity index (χ1n) is 10.0. The highest BCUT2D eigenvalue weighted by atomic mass is 16.5. The van der Waals surface area contributed by atoms with Gasteiger partial charge in [0.05, 0.1) is 17.9 Å². The van der Waals surface area contributed by atoms with Gasteiger partial charge in [-0.05, 0) is 68.0 Å². The van der Waals surface area contributed by atoms with Crippen molar-refractivity contribution in [1.82, 2.24) is 5.32 Å². The molecule has 6 nitrogen and oxygen atoms in total. The molecule has 0 saturated carbocycles. The second kappa shape index (κ2) is 10.1. The van der Waals surface area contributed by atoms with Gasteiger partial charge in [0.25, 0.3) is 11.8 Å². The number of para-hydroxylation sites is 1. The third kappa shape index (κ3) is 5.57. The summed E-state index contributed by atoms with van der Waals surface area (Å²) in [4.78, 5) is 25.0. The predicted molar refractivity (Wildman–Crippen MR) is 112 cm³/mol. The van der Waals surface area contributed by atoms with Crippen molar-refractivity contribution in [3.05, 3.63) is 59.2 Å². The lowest BCUT2D eigenvalue weighted by atomic mass is 9.92. The topological polar surface area (TPSA) is 76.7 Å². The normalized spacial score (nSPS) is 13.9. The average molecular weight is 396 g/mol. The van der Waals surface area contributed by atoms with Crippen molar-refractivity contribution in [2.75, 3.05) is 25.6 Å². The molecule has 0 fully saturated rings. The number of carbonyl (C=O) groups is 2. The van der Waals surface area contributed by atoms with Crippen molar-refractivity contribution in [3.8, 4) is 5.75 Å². The Kier molecular flexibility index (Phi) is 7.25. The first-order valence-corrected chi connectivity index (χ1v) is 10.0. The van der Waals surface area contributed by atoms with Crippen LogP contribution in [-0.2, 0) is 22.4 Å². The molecule has 0 aliphatic heterocycles. The van der Waals surface area contributed by atoms with Gasteiger partial charge in [0.2, 0.25) is 0 Å². The van der Waals surface area contributed by atoms with Crippen molar-refractivity contribution >= 4 is 17.5 Å². The molecular formula is C23H28N2O4. The van der Waals surface area contributed by atoms with E-state index < -0.39 is 6.10 Å². The lowest BCUT2D eigenvalue weighted by molar-refractivity contribution is -0.122. The van der Waals surface area contributed by atoms with Crippen LogP contribution in [0.15, 0.2) is 42.5 Å². The Bertz CT molecular complexity index is 866. The minimum absolute atomic E-state index is 0.263. The summed E-state index contributed by atoms with van der Waals surface area (Å²) in [5.74, 6) is 0.125. The first-order chi connectivity index (χ1) is 14.1. The van der Waals surface area contributed by atoms with Gasteiger partial charge in [0.15, 0.2) is 6.10 Å². The molecule has 2 aromatic rings. The molecular weight excluding hydrogens is 368 g/mol. The molecule has 1 atom stereocenters. The summed E-state index contributed by atoms with van der Waals surface area (Å²) in [6.07, 6.45) is 3.88. The maximum absolute atomic E-state index is 12.7. The van der Waals surface area contributed by atoms with Crippen molar-refractivity contribution in [2.45, 2.75) is 38.7 Å². The highest BCUT2D eigenvalue weighted by Gasteiger charge is 2.19. The van der Waals surface area contributed by atoms with Crippen LogP contribution < -0.4 is 15.4 Å². The van der Waals surface area contributed by atoms with Gasteiger partial charge in [-0.25, -0.2) is 0 Å². The second-order valence-corrected chi connectivity index (χ2v) is 7.18. The fourth-order valence-electron chi connectivity index (χ4n) is 3.43. The number of hydrogen-bond acceptors (Lipinski definition) is 4. The van der Waals surface area contributed by atoms with E-state index in [0.29, 0.717) is 30.2 Å². The van der Waals surface area contributed by atoms with Gasteiger partial charge >= 0.3 is 0 Å². The Morgan fingerprint density at radius 3 is 2.62 bits per heavy atom. The number of methoxy groups -OCH3 is 1. The molecule has 0 radical (unpaired) electrons. The van der Waals surface area contributed by atoms with E-state index in [4.69, 9.17) is 9.47 Å². The van der Waals surface area contributed by atoms with Gasteiger partial charge in [-0.3, -0.25) is 9.59 Å². The second-order valence-electron chi connectivity index (χ2n) is 7.18. The number of carbonyl (C=O) groups excluding carboxylic acids is 2. The van der Waals surface area contributed by atoms with Crippen molar-refractivity contribution in [1.29, 1.82) is 0 Å². The zero-order valence-corrected chi connectivity index (χ0v) is 17.0. The summed E-state index contributed by atoms with van der Waals surface area (Å²) < 4.78 is 10.8. The zero-order valence-electron chi connectivity index (χ0n) is 17.0. The van der Waals surface area contributed by atoms with Crippen molar-refractivity contribution in [3.63, 3.8) is 0 Å². The number of ether oxygens (including phenoxy) is 2. The average Bonchev–Trinajstić information content (AvgIpc) is 2.74. The number of anilines is 1. The number of aryl methyl sites for hydroxylation is 2. The smallest absolute Gasteiger partial charge is 0.265 e. The Labute approximate surface area is 171 Å². The van der Waals surface area contributed by atoms with E-state index >= 15 is 0 Å². The van der Waals surface area contributed by atoms with E-state index in [-0.39, 0.29) is 11.8 Å². The van der Waals surface area contributed by atoms with Gasteiger partial charge in [0, 0.05) is 13.7 Å². The fraction of sp³-hybridized carbons (Fsp3) is 0.391. The van der Waals surface area contributed by atoms with Crippen molar-refractivity contribution < 1.29 is 19.1 Å². The maximum atomic E-state index is 12.7. The van der Waals surface area contributed by atoms with E-state index in [9.17, 15) is 9.59 Å². The van der Waals surface area contributed by atoms with Crippen LogP contribution in [0.2, 0.25) is 0 Å². The zero-order chi connectivity index (χ0) is 20.6. The number of nitrogens with one attached hydrogen (secondary N) is 2. The molecule has 6 heteroatoms. The molecule has 154 valence electrons. The molecule has 1 unspecified atom stereocenters. The minimum atomic E-state index is -0.693. The Hall–Kier alpha value is -2.86. The van der Waals surface area contributed by atoms with Crippen LogP contribution in [0.4, 0.5) is 5.69 Å². The number of fused-ring (bicyclic) bond motifs is 1. The molecule has 0 bridgehead atoms. The van der Waals surface area contributed by atoms with Crippen LogP contribution >= 0.6 is 0 Å². The van der Waals surface area contributed by atoms with Gasteiger partial charge < -0.3 is 20.1 Å². The lowest BCUT2D eigenvalue weighted by Crippen LogP contribution is -2.32. The summed E-state index contributed by atoms with van der Waals surface area (Å²) in [6, 6.07) is 13.0. The molecule has 0 heterocycles. The van der Waals surface area contributed by atoms with E-state index in [1.54, 1.807) is 38.3 Å². The summed E-state index contributed by atoms with van der Waals surface area (Å²) in [7, 11) is 1.57. The highest BCUT2D eigenvalue weighted by Crippen LogP contribution is 2.26. The molecule has 0 saturated heterocycles. The molecule has 1 aliphatic carbocycles. The molecule has 3 rings (SSSR count). The van der Waals surface area contributed by atoms with E-state index in [1.807, 2.05) is 12.1 Å². The summed E-state index contributed by atoms with van der Waals surface area (Å²) in [5.41, 5.74) is 3.53. The Morgan fingerprint density at radius 1 is 1.07 bits per heavy atom. The standard InChI is InChI=1S/C23H28N2O4/c1-16(29-19-12-11-17-7-3-4-8-18(17)15-19)22(26)25-21-10-6-5-9-20(21)23(27)24-13-14-28-2/h5-6,9-12,15-16H,3-4,7-8,13-14H2,1-2H3,(H,24,27)(H,25,26). The largest absolute Gasteiger partial charge is 0.481 e.